The van der Waals surface area contributed by atoms with Gasteiger partial charge in [0.05, 0.1) is 11.4 Å². The third-order valence-corrected chi connectivity index (χ3v) is 3.59. The van der Waals surface area contributed by atoms with Crippen LogP contribution in [0.25, 0.3) is 10.9 Å². The maximum absolute atomic E-state index is 11.0. The summed E-state index contributed by atoms with van der Waals surface area (Å²) >= 11 is 3.46. The van der Waals surface area contributed by atoms with Crippen LogP contribution in [0.4, 0.5) is 0 Å². The number of pyridine rings is 1. The minimum Gasteiger partial charge on any atom is -0.481 e. The Kier molecular flexibility index (Phi) is 3.93. The summed E-state index contributed by atoms with van der Waals surface area (Å²) in [5.41, 5.74) is 7.22. The van der Waals surface area contributed by atoms with Crippen LogP contribution in [0.15, 0.2) is 34.9 Å². The van der Waals surface area contributed by atoms with Crippen molar-refractivity contribution in [2.75, 3.05) is 6.54 Å². The van der Waals surface area contributed by atoms with Crippen LogP contribution < -0.4 is 5.73 Å². The number of aromatic nitrogens is 1. The van der Waals surface area contributed by atoms with E-state index in [-0.39, 0.29) is 6.54 Å². The Morgan fingerprint density at radius 2 is 2.22 bits per heavy atom. The monoisotopic (exact) mass is 308 g/mol. The highest BCUT2D eigenvalue weighted by Crippen LogP contribution is 2.26. The molecule has 0 radical (unpaired) electrons. The molecule has 0 spiro atoms. The third kappa shape index (κ3) is 2.52. The predicted molar refractivity (Wildman–Crippen MR) is 73.3 cm³/mol. The number of aliphatic carboxylic acids is 1. The van der Waals surface area contributed by atoms with E-state index in [0.717, 1.165) is 20.9 Å². The second-order valence-electron chi connectivity index (χ2n) is 4.08. The first-order valence-corrected chi connectivity index (χ1v) is 6.37. The summed E-state index contributed by atoms with van der Waals surface area (Å²) in [5.74, 6) is -1.44. The van der Waals surface area contributed by atoms with Gasteiger partial charge in [-0.1, -0.05) is 28.1 Å². The molecule has 0 fully saturated rings. The van der Waals surface area contributed by atoms with Crippen molar-refractivity contribution >= 4 is 32.8 Å². The molecule has 0 aliphatic carbocycles. The molecule has 0 aliphatic rings. The second-order valence-corrected chi connectivity index (χ2v) is 4.94. The summed E-state index contributed by atoms with van der Waals surface area (Å²) in [7, 11) is 0. The highest BCUT2D eigenvalue weighted by Gasteiger charge is 2.18. The van der Waals surface area contributed by atoms with Gasteiger partial charge in [-0.05, 0) is 24.1 Å². The molecular weight excluding hydrogens is 296 g/mol. The van der Waals surface area contributed by atoms with Gasteiger partial charge in [-0.25, -0.2) is 0 Å². The zero-order valence-electron chi connectivity index (χ0n) is 9.64. The van der Waals surface area contributed by atoms with Crippen molar-refractivity contribution in [3.05, 3.63) is 40.5 Å². The van der Waals surface area contributed by atoms with E-state index in [0.29, 0.717) is 6.42 Å². The van der Waals surface area contributed by atoms with E-state index < -0.39 is 11.9 Å². The van der Waals surface area contributed by atoms with Gasteiger partial charge in [0.25, 0.3) is 0 Å². The average Bonchev–Trinajstić information content (AvgIpc) is 2.38. The molecular formula is C13H13BrN2O2. The van der Waals surface area contributed by atoms with Gasteiger partial charge < -0.3 is 10.8 Å². The van der Waals surface area contributed by atoms with Gasteiger partial charge in [-0.3, -0.25) is 9.78 Å². The van der Waals surface area contributed by atoms with Gasteiger partial charge in [0, 0.05) is 22.6 Å². The number of nitrogens with two attached hydrogens (primary N) is 1. The molecule has 1 aromatic carbocycles. The maximum Gasteiger partial charge on any atom is 0.308 e. The molecule has 1 unspecified atom stereocenters. The van der Waals surface area contributed by atoms with Gasteiger partial charge in [0.2, 0.25) is 0 Å². The van der Waals surface area contributed by atoms with E-state index in [1.165, 1.54) is 0 Å². The molecule has 2 aromatic rings. The van der Waals surface area contributed by atoms with Crippen molar-refractivity contribution in [3.63, 3.8) is 0 Å². The van der Waals surface area contributed by atoms with E-state index >= 15 is 0 Å². The number of benzene rings is 1. The van der Waals surface area contributed by atoms with Gasteiger partial charge >= 0.3 is 5.97 Å². The Labute approximate surface area is 113 Å². The molecule has 0 saturated carbocycles. The second kappa shape index (κ2) is 5.46. The number of carbonyl (C=O) groups is 1. The lowest BCUT2D eigenvalue weighted by molar-refractivity contribution is -0.141. The molecule has 0 aliphatic heterocycles. The number of rotatable bonds is 4. The standard InChI is InChI=1S/C13H13BrN2O2/c14-11-4-3-8(6-9(7-15)13(17)18)12-10(11)2-1-5-16-12/h1-5,9H,6-7,15H2,(H,17,18). The van der Waals surface area contributed by atoms with Crippen LogP contribution in [0.3, 0.4) is 0 Å². The molecule has 0 saturated heterocycles. The summed E-state index contributed by atoms with van der Waals surface area (Å²) in [5, 5.41) is 10.0. The fourth-order valence-electron chi connectivity index (χ4n) is 1.90. The van der Waals surface area contributed by atoms with Crippen molar-refractivity contribution in [1.82, 2.24) is 4.98 Å². The molecule has 1 aromatic heterocycles. The topological polar surface area (TPSA) is 76.2 Å². The Bertz CT molecular complexity index is 586. The minimum absolute atomic E-state index is 0.125. The average molecular weight is 309 g/mol. The van der Waals surface area contributed by atoms with Crippen LogP contribution in [0, 0.1) is 5.92 Å². The zero-order chi connectivity index (χ0) is 13.1. The minimum atomic E-state index is -0.871. The first-order valence-electron chi connectivity index (χ1n) is 5.58. The van der Waals surface area contributed by atoms with E-state index in [2.05, 4.69) is 20.9 Å². The zero-order valence-corrected chi connectivity index (χ0v) is 11.2. The van der Waals surface area contributed by atoms with E-state index in [1.54, 1.807) is 6.20 Å². The van der Waals surface area contributed by atoms with Crippen LogP contribution in [-0.2, 0) is 11.2 Å². The fourth-order valence-corrected chi connectivity index (χ4v) is 2.35. The van der Waals surface area contributed by atoms with Crippen LogP contribution in [0.1, 0.15) is 5.56 Å². The first kappa shape index (κ1) is 13.0. The maximum atomic E-state index is 11.0. The quantitative estimate of drug-likeness (QED) is 0.908. The Hall–Kier alpha value is -1.46. The van der Waals surface area contributed by atoms with Crippen LogP contribution >= 0.6 is 15.9 Å². The molecule has 0 amide bonds. The number of carboxylic acid groups (broad SMARTS) is 1. The summed E-state index contributed by atoms with van der Waals surface area (Å²) in [6.45, 7) is 0.125. The number of hydrogen-bond acceptors (Lipinski definition) is 3. The first-order chi connectivity index (χ1) is 8.63. The third-order valence-electron chi connectivity index (χ3n) is 2.90. The van der Waals surface area contributed by atoms with Gasteiger partial charge in [-0.15, -0.1) is 0 Å². The summed E-state index contributed by atoms with van der Waals surface area (Å²) in [4.78, 5) is 15.4. The Morgan fingerprint density at radius 1 is 1.44 bits per heavy atom. The number of nitrogens with zero attached hydrogens (tertiary/aromatic N) is 1. The lowest BCUT2D eigenvalue weighted by atomic mass is 9.97. The van der Waals surface area contributed by atoms with Crippen molar-refractivity contribution in [1.29, 1.82) is 0 Å². The molecule has 1 heterocycles. The summed E-state index contributed by atoms with van der Waals surface area (Å²) < 4.78 is 0.953. The smallest absolute Gasteiger partial charge is 0.308 e. The largest absolute Gasteiger partial charge is 0.481 e. The number of fused-ring (bicyclic) bond motifs is 1. The number of halogens is 1. The predicted octanol–water partition coefficient (Wildman–Crippen LogP) is 2.20. The van der Waals surface area contributed by atoms with Crippen LogP contribution in [0.5, 0.6) is 0 Å². The number of carboxylic acids is 1. The van der Waals surface area contributed by atoms with E-state index in [4.69, 9.17) is 10.8 Å². The Morgan fingerprint density at radius 3 is 2.89 bits per heavy atom. The van der Waals surface area contributed by atoms with Crippen LogP contribution in [0.2, 0.25) is 0 Å². The SMILES string of the molecule is NCC(Cc1ccc(Br)c2cccnc12)C(=O)O. The molecule has 0 bridgehead atoms. The number of hydrogen-bond donors (Lipinski definition) is 2. The highest BCUT2D eigenvalue weighted by atomic mass is 79.9. The lowest BCUT2D eigenvalue weighted by Crippen LogP contribution is -2.25. The molecule has 1 atom stereocenters. The van der Waals surface area contributed by atoms with Crippen molar-refractivity contribution in [2.24, 2.45) is 11.7 Å². The van der Waals surface area contributed by atoms with Gasteiger partial charge in [0.1, 0.15) is 0 Å². The van der Waals surface area contributed by atoms with Gasteiger partial charge in [0.15, 0.2) is 0 Å². The fraction of sp³-hybridized carbons (Fsp3) is 0.231. The van der Waals surface area contributed by atoms with Crippen molar-refractivity contribution in [2.45, 2.75) is 6.42 Å². The summed E-state index contributed by atoms with van der Waals surface area (Å²) in [6, 6.07) is 7.61. The van der Waals surface area contributed by atoms with Gasteiger partial charge in [-0.2, -0.15) is 0 Å². The summed E-state index contributed by atoms with van der Waals surface area (Å²) in [6.07, 6.45) is 2.10. The molecule has 5 heteroatoms. The molecule has 2 rings (SSSR count). The van der Waals surface area contributed by atoms with Crippen LogP contribution in [-0.4, -0.2) is 22.6 Å². The normalized spacial score (nSPS) is 12.6. The molecule has 94 valence electrons. The van der Waals surface area contributed by atoms with Crippen molar-refractivity contribution < 1.29 is 9.90 Å². The molecule has 18 heavy (non-hydrogen) atoms. The Balaban J connectivity index is 2.45. The lowest BCUT2D eigenvalue weighted by Gasteiger charge is -2.12. The molecule has 4 nitrogen and oxygen atoms in total. The van der Waals surface area contributed by atoms with E-state index in [1.807, 2.05) is 24.3 Å². The highest BCUT2D eigenvalue weighted by molar-refractivity contribution is 9.10. The van der Waals surface area contributed by atoms with E-state index in [9.17, 15) is 4.79 Å². The van der Waals surface area contributed by atoms with Crippen molar-refractivity contribution in [3.8, 4) is 0 Å². The molecule has 3 N–H and O–H groups in total.